The molecule has 0 spiro atoms. The zero-order valence-electron chi connectivity index (χ0n) is 12.1. The number of aromatic nitrogens is 3. The number of aryl methyl sites for hydroxylation is 1. The van der Waals surface area contributed by atoms with Crippen molar-refractivity contribution >= 4 is 10.9 Å². The number of halogens is 1. The Balaban J connectivity index is 1.77. The van der Waals surface area contributed by atoms with Gasteiger partial charge in [0.15, 0.2) is 11.6 Å². The number of benzene rings is 1. The lowest BCUT2D eigenvalue weighted by atomic mass is 10.1. The molecule has 0 bridgehead atoms. The first-order valence-electron chi connectivity index (χ1n) is 7.19. The molecule has 4 rings (SSSR count). The highest BCUT2D eigenvalue weighted by atomic mass is 19.1. The van der Waals surface area contributed by atoms with E-state index in [0.717, 1.165) is 29.7 Å². The Hall–Kier alpha value is -2.47. The van der Waals surface area contributed by atoms with E-state index >= 15 is 0 Å². The summed E-state index contributed by atoms with van der Waals surface area (Å²) in [5, 5.41) is 3.79. The molecule has 2 aromatic heterocycles. The zero-order chi connectivity index (χ0) is 15.1. The lowest BCUT2D eigenvalue weighted by Gasteiger charge is -2.18. The molecule has 1 aromatic carbocycles. The van der Waals surface area contributed by atoms with E-state index in [0.29, 0.717) is 17.8 Å². The van der Waals surface area contributed by atoms with Gasteiger partial charge in [-0.15, -0.1) is 0 Å². The van der Waals surface area contributed by atoms with Crippen molar-refractivity contribution in [1.82, 2.24) is 19.9 Å². The van der Waals surface area contributed by atoms with E-state index in [1.807, 2.05) is 23.9 Å². The first-order chi connectivity index (χ1) is 10.7. The summed E-state index contributed by atoms with van der Waals surface area (Å²) in [5.41, 5.74) is 2.70. The molecule has 0 atom stereocenters. The summed E-state index contributed by atoms with van der Waals surface area (Å²) in [6.45, 7) is 1.53. The van der Waals surface area contributed by atoms with E-state index in [1.54, 1.807) is 12.1 Å². The average molecular weight is 298 g/mol. The minimum atomic E-state index is -0.362. The highest BCUT2D eigenvalue weighted by molar-refractivity contribution is 5.82. The molecule has 0 aliphatic carbocycles. The molecule has 0 unspecified atom stereocenters. The zero-order valence-corrected chi connectivity index (χ0v) is 12.1. The van der Waals surface area contributed by atoms with E-state index in [2.05, 4.69) is 15.3 Å². The number of rotatable bonds is 2. The molecule has 112 valence electrons. The van der Waals surface area contributed by atoms with Gasteiger partial charge < -0.3 is 14.6 Å². The van der Waals surface area contributed by atoms with Gasteiger partial charge in [-0.1, -0.05) is 0 Å². The van der Waals surface area contributed by atoms with Crippen LogP contribution < -0.4 is 10.1 Å². The van der Waals surface area contributed by atoms with Crippen molar-refractivity contribution in [3.05, 3.63) is 47.8 Å². The monoisotopic (exact) mass is 298 g/mol. The standard InChI is InChI=1S/C16H15FN4O/c1-21-7-5-11-13(21)2-3-14(15(11)17)22-16-10-4-6-18-8-12(10)19-9-20-16/h2-3,5,7,9,18H,4,6,8H2,1H3. The molecule has 0 fully saturated rings. The molecule has 22 heavy (non-hydrogen) atoms. The van der Waals surface area contributed by atoms with Gasteiger partial charge in [0.25, 0.3) is 0 Å². The average Bonchev–Trinajstić information content (AvgIpc) is 2.92. The number of hydrogen-bond acceptors (Lipinski definition) is 4. The fourth-order valence-corrected chi connectivity index (χ4v) is 2.82. The van der Waals surface area contributed by atoms with Crippen LogP contribution in [0.25, 0.3) is 10.9 Å². The Kier molecular flexibility index (Phi) is 3.04. The summed E-state index contributed by atoms with van der Waals surface area (Å²) in [5.74, 6) is 0.276. The fourth-order valence-electron chi connectivity index (χ4n) is 2.82. The molecule has 1 N–H and O–H groups in total. The third-order valence-electron chi connectivity index (χ3n) is 4.01. The largest absolute Gasteiger partial charge is 0.436 e. The van der Waals surface area contributed by atoms with Crippen LogP contribution in [0.2, 0.25) is 0 Å². The minimum absolute atomic E-state index is 0.193. The SMILES string of the molecule is Cn1ccc2c(F)c(Oc3ncnc4c3CCNC4)ccc21. The summed E-state index contributed by atoms with van der Waals surface area (Å²) in [6.07, 6.45) is 4.07. The predicted octanol–water partition coefficient (Wildman–Crippen LogP) is 2.55. The topological polar surface area (TPSA) is 52.0 Å². The number of fused-ring (bicyclic) bond motifs is 2. The van der Waals surface area contributed by atoms with Crippen LogP contribution in [-0.4, -0.2) is 21.1 Å². The molecule has 3 heterocycles. The van der Waals surface area contributed by atoms with Crippen molar-refractivity contribution < 1.29 is 9.13 Å². The van der Waals surface area contributed by atoms with Gasteiger partial charge in [0, 0.05) is 30.7 Å². The highest BCUT2D eigenvalue weighted by Gasteiger charge is 2.18. The highest BCUT2D eigenvalue weighted by Crippen LogP contribution is 2.32. The van der Waals surface area contributed by atoms with E-state index in [-0.39, 0.29) is 11.6 Å². The number of ether oxygens (including phenoxy) is 1. The molecule has 0 radical (unpaired) electrons. The van der Waals surface area contributed by atoms with Crippen LogP contribution in [0, 0.1) is 5.82 Å². The maximum atomic E-state index is 14.6. The third-order valence-corrected chi connectivity index (χ3v) is 4.01. The van der Waals surface area contributed by atoms with E-state index in [4.69, 9.17) is 4.74 Å². The normalized spacial score (nSPS) is 14.1. The van der Waals surface area contributed by atoms with Crippen molar-refractivity contribution in [2.24, 2.45) is 7.05 Å². The van der Waals surface area contributed by atoms with Gasteiger partial charge in [0.1, 0.15) is 6.33 Å². The Bertz CT molecular complexity index is 859. The van der Waals surface area contributed by atoms with Crippen LogP contribution >= 0.6 is 0 Å². The second-order valence-electron chi connectivity index (χ2n) is 5.37. The van der Waals surface area contributed by atoms with Crippen molar-refractivity contribution in [1.29, 1.82) is 0 Å². The lowest BCUT2D eigenvalue weighted by molar-refractivity contribution is 0.418. The second-order valence-corrected chi connectivity index (χ2v) is 5.37. The minimum Gasteiger partial charge on any atom is -0.436 e. The van der Waals surface area contributed by atoms with E-state index < -0.39 is 0 Å². The van der Waals surface area contributed by atoms with Gasteiger partial charge in [0.05, 0.1) is 11.2 Å². The second kappa shape index (κ2) is 5.06. The molecular formula is C16H15FN4O. The first-order valence-corrected chi connectivity index (χ1v) is 7.19. The lowest BCUT2D eigenvalue weighted by Crippen LogP contribution is -2.25. The third kappa shape index (κ3) is 2.03. The molecule has 6 heteroatoms. The predicted molar refractivity (Wildman–Crippen MR) is 80.4 cm³/mol. The molecular weight excluding hydrogens is 283 g/mol. The number of hydrogen-bond donors (Lipinski definition) is 1. The Morgan fingerprint density at radius 2 is 2.18 bits per heavy atom. The number of nitrogens with zero attached hydrogens (tertiary/aromatic N) is 3. The first kappa shape index (κ1) is 13.2. The summed E-state index contributed by atoms with van der Waals surface area (Å²) >= 11 is 0. The van der Waals surface area contributed by atoms with Crippen LogP contribution in [0.5, 0.6) is 11.6 Å². The van der Waals surface area contributed by atoms with Crippen LogP contribution in [0.4, 0.5) is 4.39 Å². The van der Waals surface area contributed by atoms with Crippen LogP contribution in [0.3, 0.4) is 0 Å². The van der Waals surface area contributed by atoms with Gasteiger partial charge in [0.2, 0.25) is 5.88 Å². The van der Waals surface area contributed by atoms with Gasteiger partial charge >= 0.3 is 0 Å². The van der Waals surface area contributed by atoms with E-state index in [9.17, 15) is 4.39 Å². The summed E-state index contributed by atoms with van der Waals surface area (Å²) in [4.78, 5) is 8.43. The van der Waals surface area contributed by atoms with Crippen molar-refractivity contribution in [3.8, 4) is 11.6 Å². The van der Waals surface area contributed by atoms with Crippen molar-refractivity contribution in [2.75, 3.05) is 6.54 Å². The van der Waals surface area contributed by atoms with Gasteiger partial charge in [-0.05, 0) is 31.2 Å². The molecule has 1 aliphatic rings. The van der Waals surface area contributed by atoms with Crippen LogP contribution in [-0.2, 0) is 20.0 Å². The molecule has 0 amide bonds. The van der Waals surface area contributed by atoms with Crippen molar-refractivity contribution in [3.63, 3.8) is 0 Å². The quantitative estimate of drug-likeness (QED) is 0.790. The molecule has 5 nitrogen and oxygen atoms in total. The molecule has 0 saturated heterocycles. The Morgan fingerprint density at radius 1 is 1.27 bits per heavy atom. The number of nitrogens with one attached hydrogen (secondary N) is 1. The van der Waals surface area contributed by atoms with Crippen LogP contribution in [0.1, 0.15) is 11.3 Å². The summed E-state index contributed by atoms with van der Waals surface area (Å²) < 4.78 is 22.2. The maximum Gasteiger partial charge on any atom is 0.225 e. The van der Waals surface area contributed by atoms with Gasteiger partial charge in [-0.2, -0.15) is 0 Å². The fraction of sp³-hybridized carbons (Fsp3) is 0.250. The van der Waals surface area contributed by atoms with Gasteiger partial charge in [-0.3, -0.25) is 0 Å². The van der Waals surface area contributed by atoms with E-state index in [1.165, 1.54) is 6.33 Å². The Labute approximate surface area is 126 Å². The van der Waals surface area contributed by atoms with Crippen LogP contribution in [0.15, 0.2) is 30.7 Å². The van der Waals surface area contributed by atoms with Gasteiger partial charge in [-0.25, -0.2) is 14.4 Å². The van der Waals surface area contributed by atoms with Crippen molar-refractivity contribution in [2.45, 2.75) is 13.0 Å². The summed E-state index contributed by atoms with van der Waals surface area (Å²) in [7, 11) is 1.89. The molecule has 1 aliphatic heterocycles. The molecule has 0 saturated carbocycles. The Morgan fingerprint density at radius 3 is 3.09 bits per heavy atom. The maximum absolute atomic E-state index is 14.6. The summed E-state index contributed by atoms with van der Waals surface area (Å²) in [6, 6.07) is 5.24. The molecule has 3 aromatic rings. The smallest absolute Gasteiger partial charge is 0.225 e.